The zero-order valence-corrected chi connectivity index (χ0v) is 10.1. The lowest BCUT2D eigenvalue weighted by atomic mass is 10.2. The zero-order valence-electron chi connectivity index (χ0n) is 10.1. The van der Waals surface area contributed by atoms with Crippen LogP contribution >= 0.6 is 0 Å². The first-order chi connectivity index (χ1) is 8.74. The number of benzene rings is 1. The first kappa shape index (κ1) is 12.0. The Kier molecular flexibility index (Phi) is 3.86. The molecule has 2 rings (SSSR count). The molecule has 3 nitrogen and oxygen atoms in total. The summed E-state index contributed by atoms with van der Waals surface area (Å²) < 4.78 is 0. The Balaban J connectivity index is 1.99. The molecule has 0 radical (unpaired) electrons. The van der Waals surface area contributed by atoms with E-state index in [0.29, 0.717) is 0 Å². The minimum absolute atomic E-state index is 0.141. The van der Waals surface area contributed by atoms with Crippen LogP contribution in [0.1, 0.15) is 11.1 Å². The van der Waals surface area contributed by atoms with Crippen LogP contribution in [0.4, 0.5) is 5.69 Å². The highest BCUT2D eigenvalue weighted by Gasteiger charge is 1.97. The van der Waals surface area contributed by atoms with E-state index >= 15 is 0 Å². The summed E-state index contributed by atoms with van der Waals surface area (Å²) in [6, 6.07) is 11.4. The van der Waals surface area contributed by atoms with E-state index in [4.69, 9.17) is 0 Å². The maximum absolute atomic E-state index is 11.7. The third kappa shape index (κ3) is 3.56. The van der Waals surface area contributed by atoms with Crippen molar-refractivity contribution in [3.8, 4) is 0 Å². The third-order valence-electron chi connectivity index (χ3n) is 2.42. The summed E-state index contributed by atoms with van der Waals surface area (Å²) in [5.74, 6) is -0.141. The standard InChI is InChI=1S/C15H14N2O/c1-12-3-2-4-14(11-12)17-15(18)6-5-13-7-9-16-10-8-13/h2-11H,1H3,(H,17,18). The zero-order chi connectivity index (χ0) is 12.8. The molecule has 0 fully saturated rings. The molecule has 0 spiro atoms. The minimum Gasteiger partial charge on any atom is -0.323 e. The lowest BCUT2D eigenvalue weighted by Crippen LogP contribution is -2.07. The van der Waals surface area contributed by atoms with Gasteiger partial charge in [0.25, 0.3) is 0 Å². The SMILES string of the molecule is Cc1cccc(NC(=O)C=Cc2ccncc2)c1. The van der Waals surface area contributed by atoms with Crippen molar-refractivity contribution in [2.75, 3.05) is 5.32 Å². The highest BCUT2D eigenvalue weighted by molar-refractivity contribution is 6.01. The van der Waals surface area contributed by atoms with E-state index in [1.807, 2.05) is 43.3 Å². The van der Waals surface area contributed by atoms with Gasteiger partial charge in [-0.25, -0.2) is 0 Å². The number of rotatable bonds is 3. The maximum atomic E-state index is 11.7. The van der Waals surface area contributed by atoms with Gasteiger partial charge in [0.05, 0.1) is 0 Å². The Morgan fingerprint density at radius 1 is 1.22 bits per heavy atom. The lowest BCUT2D eigenvalue weighted by molar-refractivity contribution is -0.111. The molecule has 0 aliphatic rings. The smallest absolute Gasteiger partial charge is 0.248 e. The van der Waals surface area contributed by atoms with E-state index in [-0.39, 0.29) is 5.91 Å². The predicted molar refractivity (Wildman–Crippen MR) is 73.1 cm³/mol. The summed E-state index contributed by atoms with van der Waals surface area (Å²) >= 11 is 0. The van der Waals surface area contributed by atoms with Crippen molar-refractivity contribution in [2.24, 2.45) is 0 Å². The molecule has 3 heteroatoms. The highest BCUT2D eigenvalue weighted by atomic mass is 16.1. The second-order valence-corrected chi connectivity index (χ2v) is 3.97. The Morgan fingerprint density at radius 2 is 2.00 bits per heavy atom. The van der Waals surface area contributed by atoms with Crippen molar-refractivity contribution < 1.29 is 4.79 Å². The molecule has 0 saturated heterocycles. The van der Waals surface area contributed by atoms with Gasteiger partial charge in [0.2, 0.25) is 5.91 Å². The number of hydrogen-bond donors (Lipinski definition) is 1. The van der Waals surface area contributed by atoms with Crippen molar-refractivity contribution in [2.45, 2.75) is 6.92 Å². The van der Waals surface area contributed by atoms with Gasteiger partial charge in [-0.1, -0.05) is 12.1 Å². The second kappa shape index (κ2) is 5.77. The van der Waals surface area contributed by atoms with Gasteiger partial charge in [0.1, 0.15) is 0 Å². The molecule has 1 aromatic carbocycles. The van der Waals surface area contributed by atoms with Crippen molar-refractivity contribution >= 4 is 17.7 Å². The average molecular weight is 238 g/mol. The van der Waals surface area contributed by atoms with Crippen LogP contribution in [-0.2, 0) is 4.79 Å². The number of aromatic nitrogens is 1. The largest absolute Gasteiger partial charge is 0.323 e. The fourth-order valence-corrected chi connectivity index (χ4v) is 1.55. The molecule has 18 heavy (non-hydrogen) atoms. The van der Waals surface area contributed by atoms with Crippen LogP contribution < -0.4 is 5.32 Å². The summed E-state index contributed by atoms with van der Waals surface area (Å²) in [5.41, 5.74) is 2.87. The fourth-order valence-electron chi connectivity index (χ4n) is 1.55. The number of anilines is 1. The van der Waals surface area contributed by atoms with Crippen LogP contribution in [0.2, 0.25) is 0 Å². The molecule has 1 aromatic heterocycles. The number of nitrogens with zero attached hydrogens (tertiary/aromatic N) is 1. The van der Waals surface area contributed by atoms with E-state index in [9.17, 15) is 4.79 Å². The fraction of sp³-hybridized carbons (Fsp3) is 0.0667. The van der Waals surface area contributed by atoms with Gasteiger partial charge in [-0.05, 0) is 48.4 Å². The minimum atomic E-state index is -0.141. The lowest BCUT2D eigenvalue weighted by Gasteiger charge is -2.02. The molecule has 0 aliphatic heterocycles. The average Bonchev–Trinajstić information content (AvgIpc) is 2.38. The van der Waals surface area contributed by atoms with Crippen LogP contribution in [0, 0.1) is 6.92 Å². The molecule has 0 bridgehead atoms. The molecular weight excluding hydrogens is 224 g/mol. The third-order valence-corrected chi connectivity index (χ3v) is 2.42. The number of pyridine rings is 1. The maximum Gasteiger partial charge on any atom is 0.248 e. The molecule has 90 valence electrons. The van der Waals surface area contributed by atoms with Crippen molar-refractivity contribution in [1.82, 2.24) is 4.98 Å². The summed E-state index contributed by atoms with van der Waals surface area (Å²) in [4.78, 5) is 15.6. The van der Waals surface area contributed by atoms with Gasteiger partial charge in [-0.2, -0.15) is 0 Å². The molecule has 0 unspecified atom stereocenters. The van der Waals surface area contributed by atoms with Crippen LogP contribution in [0.25, 0.3) is 6.08 Å². The molecular formula is C15H14N2O. The quantitative estimate of drug-likeness (QED) is 0.835. The number of amides is 1. The molecule has 0 aliphatic carbocycles. The summed E-state index contributed by atoms with van der Waals surface area (Å²) in [7, 11) is 0. The van der Waals surface area contributed by atoms with Gasteiger partial charge in [-0.15, -0.1) is 0 Å². The Labute approximate surface area is 106 Å². The molecule has 1 amide bonds. The number of aryl methyl sites for hydroxylation is 1. The number of carbonyl (C=O) groups excluding carboxylic acids is 1. The monoisotopic (exact) mass is 238 g/mol. The van der Waals surface area contributed by atoms with Gasteiger partial charge in [0, 0.05) is 24.2 Å². The van der Waals surface area contributed by atoms with E-state index in [1.54, 1.807) is 18.5 Å². The summed E-state index contributed by atoms with van der Waals surface area (Å²) in [6.07, 6.45) is 6.65. The van der Waals surface area contributed by atoms with Crippen LogP contribution in [0.3, 0.4) is 0 Å². The first-order valence-corrected chi connectivity index (χ1v) is 5.70. The summed E-state index contributed by atoms with van der Waals surface area (Å²) in [5, 5.41) is 2.81. The van der Waals surface area contributed by atoms with Gasteiger partial charge in [-0.3, -0.25) is 9.78 Å². The van der Waals surface area contributed by atoms with Gasteiger partial charge >= 0.3 is 0 Å². The first-order valence-electron chi connectivity index (χ1n) is 5.70. The Hall–Kier alpha value is -2.42. The second-order valence-electron chi connectivity index (χ2n) is 3.97. The van der Waals surface area contributed by atoms with E-state index in [2.05, 4.69) is 10.3 Å². The number of carbonyl (C=O) groups is 1. The molecule has 2 aromatic rings. The topological polar surface area (TPSA) is 42.0 Å². The number of hydrogen-bond acceptors (Lipinski definition) is 2. The Bertz CT molecular complexity index is 562. The van der Waals surface area contributed by atoms with Crippen molar-refractivity contribution in [3.63, 3.8) is 0 Å². The summed E-state index contributed by atoms with van der Waals surface area (Å²) in [6.45, 7) is 1.99. The normalized spacial score (nSPS) is 10.5. The molecule has 1 heterocycles. The number of nitrogens with one attached hydrogen (secondary N) is 1. The van der Waals surface area contributed by atoms with Crippen LogP contribution in [0.5, 0.6) is 0 Å². The van der Waals surface area contributed by atoms with Crippen LogP contribution in [-0.4, -0.2) is 10.9 Å². The van der Waals surface area contributed by atoms with E-state index in [1.165, 1.54) is 6.08 Å². The molecule has 0 saturated carbocycles. The predicted octanol–water partition coefficient (Wildman–Crippen LogP) is 3.04. The van der Waals surface area contributed by atoms with Crippen molar-refractivity contribution in [3.05, 3.63) is 66.0 Å². The molecule has 1 N–H and O–H groups in total. The highest BCUT2D eigenvalue weighted by Crippen LogP contribution is 2.09. The van der Waals surface area contributed by atoms with Gasteiger partial charge < -0.3 is 5.32 Å². The molecule has 0 atom stereocenters. The van der Waals surface area contributed by atoms with Crippen LogP contribution in [0.15, 0.2) is 54.9 Å². The van der Waals surface area contributed by atoms with Gasteiger partial charge in [0.15, 0.2) is 0 Å². The Morgan fingerprint density at radius 3 is 2.72 bits per heavy atom. The van der Waals surface area contributed by atoms with Crippen molar-refractivity contribution in [1.29, 1.82) is 0 Å². The van der Waals surface area contributed by atoms with E-state index < -0.39 is 0 Å². The van der Waals surface area contributed by atoms with E-state index in [0.717, 1.165) is 16.8 Å².